The van der Waals surface area contributed by atoms with Crippen molar-refractivity contribution in [1.82, 2.24) is 10.6 Å². The Balaban J connectivity index is 0.00000392. The lowest BCUT2D eigenvalue weighted by Crippen LogP contribution is -2.43. The molecule has 0 amide bonds. The van der Waals surface area contributed by atoms with Gasteiger partial charge in [0.1, 0.15) is 9.84 Å². The van der Waals surface area contributed by atoms with Crippen LogP contribution in [0.25, 0.3) is 0 Å². The first-order valence-corrected chi connectivity index (χ1v) is 12.1. The highest BCUT2D eigenvalue weighted by Gasteiger charge is 2.35. The molecule has 0 radical (unpaired) electrons. The van der Waals surface area contributed by atoms with Crippen LogP contribution in [0.1, 0.15) is 57.1 Å². The first-order chi connectivity index (χ1) is 12.7. The molecule has 160 valence electrons. The molecule has 1 aromatic rings. The van der Waals surface area contributed by atoms with Crippen LogP contribution in [0, 0.1) is 6.92 Å². The largest absolute Gasteiger partial charge is 0.357 e. The standard InChI is InChI=1S/C21H35N3O2S.HI/c1-5-22-20(24-18(3)11-14-27(4,25)26)23-16-21(12-6-7-13-21)19-10-8-9-17(2)15-19;/h8-10,15,18H,5-7,11-14,16H2,1-4H3,(H2,22,23,24);1H. The van der Waals surface area contributed by atoms with Crippen LogP contribution in [0.4, 0.5) is 0 Å². The zero-order chi connectivity index (χ0) is 19.9. The van der Waals surface area contributed by atoms with Crippen LogP contribution in [0.5, 0.6) is 0 Å². The quantitative estimate of drug-likeness (QED) is 0.310. The third kappa shape index (κ3) is 7.89. The summed E-state index contributed by atoms with van der Waals surface area (Å²) in [5.74, 6) is 0.964. The van der Waals surface area contributed by atoms with E-state index in [1.54, 1.807) is 0 Å². The summed E-state index contributed by atoms with van der Waals surface area (Å²) in [4.78, 5) is 4.90. The molecule has 1 aliphatic rings. The molecule has 0 spiro atoms. The lowest BCUT2D eigenvalue weighted by molar-refractivity contribution is 0.451. The van der Waals surface area contributed by atoms with E-state index in [9.17, 15) is 8.42 Å². The molecule has 0 heterocycles. The van der Waals surface area contributed by atoms with Gasteiger partial charge in [0.15, 0.2) is 5.96 Å². The molecular formula is C21H36IN3O2S. The average Bonchev–Trinajstić information content (AvgIpc) is 3.08. The van der Waals surface area contributed by atoms with Crippen molar-refractivity contribution in [2.45, 2.75) is 64.3 Å². The van der Waals surface area contributed by atoms with Gasteiger partial charge in [-0.05, 0) is 45.6 Å². The summed E-state index contributed by atoms with van der Waals surface area (Å²) in [6.07, 6.45) is 6.69. The number of rotatable bonds is 8. The fourth-order valence-electron chi connectivity index (χ4n) is 3.81. The molecule has 28 heavy (non-hydrogen) atoms. The van der Waals surface area contributed by atoms with E-state index >= 15 is 0 Å². The minimum Gasteiger partial charge on any atom is -0.357 e. The lowest BCUT2D eigenvalue weighted by Gasteiger charge is -2.29. The van der Waals surface area contributed by atoms with Crippen LogP contribution in [0.2, 0.25) is 0 Å². The highest BCUT2D eigenvalue weighted by molar-refractivity contribution is 14.0. The van der Waals surface area contributed by atoms with Crippen molar-refractivity contribution >= 4 is 39.8 Å². The second-order valence-electron chi connectivity index (χ2n) is 8.02. The van der Waals surface area contributed by atoms with Crippen LogP contribution >= 0.6 is 24.0 Å². The summed E-state index contributed by atoms with van der Waals surface area (Å²) >= 11 is 0. The molecular weight excluding hydrogens is 485 g/mol. The summed E-state index contributed by atoms with van der Waals surface area (Å²) in [5.41, 5.74) is 2.80. The summed E-state index contributed by atoms with van der Waals surface area (Å²) in [6, 6.07) is 8.88. The van der Waals surface area contributed by atoms with Gasteiger partial charge in [-0.15, -0.1) is 24.0 Å². The Morgan fingerprint density at radius 1 is 1.29 bits per heavy atom. The van der Waals surface area contributed by atoms with Crippen molar-refractivity contribution in [3.05, 3.63) is 35.4 Å². The minimum absolute atomic E-state index is 0. The van der Waals surface area contributed by atoms with Crippen molar-refractivity contribution in [2.24, 2.45) is 4.99 Å². The van der Waals surface area contributed by atoms with E-state index in [1.165, 1.54) is 43.1 Å². The summed E-state index contributed by atoms with van der Waals surface area (Å²) in [7, 11) is -2.94. The number of aliphatic imine (C=N–C) groups is 1. The van der Waals surface area contributed by atoms with E-state index in [4.69, 9.17) is 4.99 Å². The van der Waals surface area contributed by atoms with E-state index in [0.717, 1.165) is 19.0 Å². The third-order valence-electron chi connectivity index (χ3n) is 5.38. The molecule has 2 N–H and O–H groups in total. The maximum Gasteiger partial charge on any atom is 0.191 e. The van der Waals surface area contributed by atoms with Gasteiger partial charge in [0.05, 0.1) is 12.3 Å². The number of nitrogens with one attached hydrogen (secondary N) is 2. The normalized spacial score (nSPS) is 17.6. The average molecular weight is 522 g/mol. The first kappa shape index (κ1) is 25.2. The fraction of sp³-hybridized carbons (Fsp3) is 0.667. The maximum atomic E-state index is 11.4. The smallest absolute Gasteiger partial charge is 0.191 e. The predicted molar refractivity (Wildman–Crippen MR) is 130 cm³/mol. The van der Waals surface area contributed by atoms with E-state index in [-0.39, 0.29) is 41.2 Å². The third-order valence-corrected chi connectivity index (χ3v) is 6.36. The van der Waals surface area contributed by atoms with Gasteiger partial charge in [0, 0.05) is 24.3 Å². The van der Waals surface area contributed by atoms with E-state index < -0.39 is 9.84 Å². The Labute approximate surface area is 188 Å². The van der Waals surface area contributed by atoms with Crippen LogP contribution < -0.4 is 10.6 Å². The number of aryl methyl sites for hydroxylation is 1. The van der Waals surface area contributed by atoms with Crippen LogP contribution in [-0.4, -0.2) is 45.5 Å². The number of benzene rings is 1. The highest BCUT2D eigenvalue weighted by Crippen LogP contribution is 2.41. The molecule has 1 atom stereocenters. The van der Waals surface area contributed by atoms with Crippen molar-refractivity contribution in [1.29, 1.82) is 0 Å². The summed E-state index contributed by atoms with van der Waals surface area (Å²) in [5, 5.41) is 6.67. The molecule has 1 aromatic carbocycles. The predicted octanol–water partition coefficient (Wildman–Crippen LogP) is 3.80. The molecule has 0 aromatic heterocycles. The first-order valence-electron chi connectivity index (χ1n) is 10.0. The maximum absolute atomic E-state index is 11.4. The van der Waals surface area contributed by atoms with Crippen molar-refractivity contribution < 1.29 is 8.42 Å². The van der Waals surface area contributed by atoms with Crippen LogP contribution in [0.15, 0.2) is 29.3 Å². The van der Waals surface area contributed by atoms with E-state index in [0.29, 0.717) is 6.42 Å². The topological polar surface area (TPSA) is 70.6 Å². The number of sulfone groups is 1. The molecule has 1 saturated carbocycles. The minimum atomic E-state index is -2.94. The van der Waals surface area contributed by atoms with Crippen molar-refractivity contribution in [3.63, 3.8) is 0 Å². The Bertz CT molecular complexity index is 744. The number of hydrogen-bond donors (Lipinski definition) is 2. The molecule has 0 saturated heterocycles. The van der Waals surface area contributed by atoms with E-state index in [1.807, 2.05) is 13.8 Å². The second kappa shape index (κ2) is 11.4. The lowest BCUT2D eigenvalue weighted by atomic mass is 9.78. The Morgan fingerprint density at radius 3 is 2.54 bits per heavy atom. The summed E-state index contributed by atoms with van der Waals surface area (Å²) in [6.45, 7) is 7.73. The van der Waals surface area contributed by atoms with Gasteiger partial charge in [-0.3, -0.25) is 4.99 Å². The molecule has 7 heteroatoms. The number of nitrogens with zero attached hydrogens (tertiary/aromatic N) is 1. The zero-order valence-electron chi connectivity index (χ0n) is 17.6. The molecule has 1 aliphatic carbocycles. The molecule has 0 aliphatic heterocycles. The molecule has 5 nitrogen and oxygen atoms in total. The Morgan fingerprint density at radius 2 is 1.96 bits per heavy atom. The highest BCUT2D eigenvalue weighted by atomic mass is 127. The molecule has 1 unspecified atom stereocenters. The van der Waals surface area contributed by atoms with Crippen LogP contribution in [-0.2, 0) is 15.3 Å². The number of halogens is 1. The Kier molecular flexibility index (Phi) is 10.2. The number of hydrogen-bond acceptors (Lipinski definition) is 3. The molecule has 1 fully saturated rings. The zero-order valence-corrected chi connectivity index (χ0v) is 20.8. The van der Waals surface area contributed by atoms with Gasteiger partial charge in [0.25, 0.3) is 0 Å². The van der Waals surface area contributed by atoms with Crippen molar-refractivity contribution in [3.8, 4) is 0 Å². The van der Waals surface area contributed by atoms with Crippen LogP contribution in [0.3, 0.4) is 0 Å². The molecule has 0 bridgehead atoms. The SMILES string of the molecule is CCNC(=NCC1(c2cccc(C)c2)CCCC1)NC(C)CCS(C)(=O)=O.I. The summed E-state index contributed by atoms with van der Waals surface area (Å²) < 4.78 is 22.8. The molecule has 2 rings (SSSR count). The van der Waals surface area contributed by atoms with Gasteiger partial charge in [-0.25, -0.2) is 8.42 Å². The van der Waals surface area contributed by atoms with Gasteiger partial charge < -0.3 is 10.6 Å². The van der Waals surface area contributed by atoms with Gasteiger partial charge in [-0.1, -0.05) is 42.7 Å². The monoisotopic (exact) mass is 521 g/mol. The Hall–Kier alpha value is -0.830. The number of guanidine groups is 1. The fourth-order valence-corrected chi connectivity index (χ4v) is 4.59. The van der Waals surface area contributed by atoms with Gasteiger partial charge in [0.2, 0.25) is 0 Å². The van der Waals surface area contributed by atoms with Crippen molar-refractivity contribution in [2.75, 3.05) is 25.1 Å². The van der Waals surface area contributed by atoms with Gasteiger partial charge >= 0.3 is 0 Å². The van der Waals surface area contributed by atoms with Gasteiger partial charge in [-0.2, -0.15) is 0 Å². The second-order valence-corrected chi connectivity index (χ2v) is 10.3. The van der Waals surface area contributed by atoms with E-state index in [2.05, 4.69) is 41.8 Å².